The molecule has 4 nitrogen and oxygen atoms in total. The molecule has 4 heteroatoms. The van der Waals surface area contributed by atoms with Crippen molar-refractivity contribution in [3.8, 4) is 22.6 Å². The summed E-state index contributed by atoms with van der Waals surface area (Å²) in [5, 5.41) is 9.09. The molecule has 2 aromatic heterocycles. The molecular weight excluding hydrogens is 274 g/mol. The number of pyridine rings is 1. The standard InChI is InChI=1S/C18H13N3O/c1-12-20-21-18(22-12)15-7-2-6-14(11-15)16-9-3-5-13-8-4-10-19-17(13)16/h2-11H,1H3. The van der Waals surface area contributed by atoms with Crippen LogP contribution in [0.3, 0.4) is 0 Å². The SMILES string of the molecule is Cc1nnc(-c2cccc(-c3cccc4cccnc34)c2)o1. The highest BCUT2D eigenvalue weighted by atomic mass is 16.4. The minimum Gasteiger partial charge on any atom is -0.421 e. The molecule has 0 saturated carbocycles. The quantitative estimate of drug-likeness (QED) is 0.552. The number of aryl methyl sites for hydroxylation is 1. The lowest BCUT2D eigenvalue weighted by atomic mass is 10.00. The van der Waals surface area contributed by atoms with Crippen LogP contribution in [0.15, 0.2) is 65.2 Å². The Kier molecular flexibility index (Phi) is 2.93. The van der Waals surface area contributed by atoms with E-state index in [0.29, 0.717) is 11.8 Å². The average Bonchev–Trinajstić information content (AvgIpc) is 3.01. The van der Waals surface area contributed by atoms with Gasteiger partial charge < -0.3 is 4.42 Å². The molecule has 0 amide bonds. The minimum absolute atomic E-state index is 0.535. The summed E-state index contributed by atoms with van der Waals surface area (Å²) in [4.78, 5) is 4.51. The van der Waals surface area contributed by atoms with E-state index in [-0.39, 0.29) is 0 Å². The van der Waals surface area contributed by atoms with Crippen LogP contribution in [-0.2, 0) is 0 Å². The van der Waals surface area contributed by atoms with Gasteiger partial charge in [0.05, 0.1) is 5.52 Å². The largest absolute Gasteiger partial charge is 0.421 e. The van der Waals surface area contributed by atoms with Gasteiger partial charge >= 0.3 is 0 Å². The molecule has 2 aromatic carbocycles. The second-order valence-corrected chi connectivity index (χ2v) is 5.09. The molecule has 0 radical (unpaired) electrons. The maximum atomic E-state index is 5.51. The summed E-state index contributed by atoms with van der Waals surface area (Å²) in [6, 6.07) is 18.3. The third kappa shape index (κ3) is 2.15. The minimum atomic E-state index is 0.535. The van der Waals surface area contributed by atoms with E-state index in [1.807, 2.05) is 30.5 Å². The molecule has 0 atom stereocenters. The lowest BCUT2D eigenvalue weighted by Gasteiger charge is -2.06. The molecule has 4 rings (SSSR count). The van der Waals surface area contributed by atoms with Gasteiger partial charge in [-0.3, -0.25) is 4.98 Å². The average molecular weight is 287 g/mol. The summed E-state index contributed by atoms with van der Waals surface area (Å²) in [5.74, 6) is 1.10. The van der Waals surface area contributed by atoms with Crippen molar-refractivity contribution in [1.29, 1.82) is 0 Å². The van der Waals surface area contributed by atoms with E-state index in [2.05, 4.69) is 45.5 Å². The Morgan fingerprint density at radius 3 is 2.55 bits per heavy atom. The number of fused-ring (bicyclic) bond motifs is 1. The lowest BCUT2D eigenvalue weighted by Crippen LogP contribution is -1.85. The van der Waals surface area contributed by atoms with Crippen LogP contribution in [-0.4, -0.2) is 15.2 Å². The van der Waals surface area contributed by atoms with E-state index in [1.165, 1.54) is 0 Å². The third-order valence-electron chi connectivity index (χ3n) is 3.58. The number of hydrogen-bond acceptors (Lipinski definition) is 4. The summed E-state index contributed by atoms with van der Waals surface area (Å²) < 4.78 is 5.51. The van der Waals surface area contributed by atoms with Crippen molar-refractivity contribution < 1.29 is 4.42 Å². The lowest BCUT2D eigenvalue weighted by molar-refractivity contribution is 0.533. The van der Waals surface area contributed by atoms with Gasteiger partial charge in [0, 0.05) is 29.6 Å². The summed E-state index contributed by atoms with van der Waals surface area (Å²) in [5.41, 5.74) is 4.07. The second-order valence-electron chi connectivity index (χ2n) is 5.09. The Balaban J connectivity index is 1.89. The van der Waals surface area contributed by atoms with Gasteiger partial charge in [0.15, 0.2) is 0 Å². The molecule has 4 aromatic rings. The summed E-state index contributed by atoms with van der Waals surface area (Å²) in [6.07, 6.45) is 1.82. The molecule has 0 fully saturated rings. The van der Waals surface area contributed by atoms with Crippen molar-refractivity contribution in [3.05, 3.63) is 66.7 Å². The van der Waals surface area contributed by atoms with Crippen molar-refractivity contribution in [3.63, 3.8) is 0 Å². The normalized spacial score (nSPS) is 11.0. The van der Waals surface area contributed by atoms with Gasteiger partial charge in [-0.25, -0.2) is 0 Å². The van der Waals surface area contributed by atoms with Crippen LogP contribution in [0, 0.1) is 6.92 Å². The van der Waals surface area contributed by atoms with Crippen molar-refractivity contribution in [2.75, 3.05) is 0 Å². The Morgan fingerprint density at radius 2 is 1.68 bits per heavy atom. The maximum Gasteiger partial charge on any atom is 0.247 e. The molecule has 0 aliphatic heterocycles. The second kappa shape index (κ2) is 5.07. The Hall–Kier alpha value is -3.01. The molecule has 0 bridgehead atoms. The zero-order valence-electron chi connectivity index (χ0n) is 12.0. The molecule has 0 aliphatic carbocycles. The Bertz CT molecular complexity index is 954. The van der Waals surface area contributed by atoms with Gasteiger partial charge in [-0.05, 0) is 23.8 Å². The molecule has 106 valence electrons. The van der Waals surface area contributed by atoms with E-state index in [9.17, 15) is 0 Å². The van der Waals surface area contributed by atoms with Gasteiger partial charge in [-0.2, -0.15) is 0 Å². The Labute approximate surface area is 127 Å². The van der Waals surface area contributed by atoms with Gasteiger partial charge in [0.25, 0.3) is 0 Å². The van der Waals surface area contributed by atoms with Crippen LogP contribution in [0.25, 0.3) is 33.5 Å². The topological polar surface area (TPSA) is 51.8 Å². The molecule has 0 unspecified atom stereocenters. The molecule has 0 N–H and O–H groups in total. The van der Waals surface area contributed by atoms with Gasteiger partial charge in [-0.15, -0.1) is 10.2 Å². The van der Waals surface area contributed by atoms with Crippen LogP contribution in [0.2, 0.25) is 0 Å². The number of benzene rings is 2. The fourth-order valence-corrected chi connectivity index (χ4v) is 2.57. The number of aromatic nitrogens is 3. The number of hydrogen-bond donors (Lipinski definition) is 0. The first kappa shape index (κ1) is 12.7. The molecule has 0 saturated heterocycles. The Morgan fingerprint density at radius 1 is 0.864 bits per heavy atom. The zero-order chi connectivity index (χ0) is 14.9. The fourth-order valence-electron chi connectivity index (χ4n) is 2.57. The predicted octanol–water partition coefficient (Wildman–Crippen LogP) is 4.26. The van der Waals surface area contributed by atoms with Crippen LogP contribution < -0.4 is 0 Å². The summed E-state index contributed by atoms with van der Waals surface area (Å²) >= 11 is 0. The number of rotatable bonds is 2. The van der Waals surface area contributed by atoms with E-state index >= 15 is 0 Å². The van der Waals surface area contributed by atoms with Gasteiger partial charge in [-0.1, -0.05) is 36.4 Å². The van der Waals surface area contributed by atoms with Crippen LogP contribution in [0.5, 0.6) is 0 Å². The van der Waals surface area contributed by atoms with Crippen molar-refractivity contribution in [2.24, 2.45) is 0 Å². The highest BCUT2D eigenvalue weighted by Gasteiger charge is 2.09. The van der Waals surface area contributed by atoms with E-state index in [1.54, 1.807) is 6.92 Å². The van der Waals surface area contributed by atoms with Crippen LogP contribution in [0.1, 0.15) is 5.89 Å². The molecule has 2 heterocycles. The van der Waals surface area contributed by atoms with Gasteiger partial charge in [0.2, 0.25) is 11.8 Å². The van der Waals surface area contributed by atoms with E-state index in [0.717, 1.165) is 27.6 Å². The van der Waals surface area contributed by atoms with Crippen molar-refractivity contribution in [2.45, 2.75) is 6.92 Å². The first-order valence-electron chi connectivity index (χ1n) is 7.06. The molecular formula is C18H13N3O. The predicted molar refractivity (Wildman–Crippen MR) is 85.2 cm³/mol. The summed E-state index contributed by atoms with van der Waals surface area (Å²) in [7, 11) is 0. The summed E-state index contributed by atoms with van der Waals surface area (Å²) in [6.45, 7) is 1.79. The van der Waals surface area contributed by atoms with Crippen LogP contribution in [0.4, 0.5) is 0 Å². The maximum absolute atomic E-state index is 5.51. The van der Waals surface area contributed by atoms with E-state index < -0.39 is 0 Å². The van der Waals surface area contributed by atoms with Crippen molar-refractivity contribution in [1.82, 2.24) is 15.2 Å². The molecule has 0 aliphatic rings. The molecule has 0 spiro atoms. The third-order valence-corrected chi connectivity index (χ3v) is 3.58. The van der Waals surface area contributed by atoms with Gasteiger partial charge in [0.1, 0.15) is 0 Å². The zero-order valence-corrected chi connectivity index (χ0v) is 12.0. The first-order chi connectivity index (χ1) is 10.8. The highest BCUT2D eigenvalue weighted by molar-refractivity contribution is 5.94. The van der Waals surface area contributed by atoms with E-state index in [4.69, 9.17) is 4.42 Å². The number of para-hydroxylation sites is 1. The van der Waals surface area contributed by atoms with Crippen molar-refractivity contribution >= 4 is 10.9 Å². The highest BCUT2D eigenvalue weighted by Crippen LogP contribution is 2.30. The smallest absolute Gasteiger partial charge is 0.247 e. The monoisotopic (exact) mass is 287 g/mol. The number of nitrogens with zero attached hydrogens (tertiary/aromatic N) is 3. The molecule has 22 heavy (non-hydrogen) atoms. The fraction of sp³-hybridized carbons (Fsp3) is 0.0556. The van der Waals surface area contributed by atoms with Crippen LogP contribution >= 0.6 is 0 Å². The first-order valence-corrected chi connectivity index (χ1v) is 7.06.